The first-order valence-electron chi connectivity index (χ1n) is 12.2. The number of benzene rings is 1. The van der Waals surface area contributed by atoms with Crippen LogP contribution in [0.3, 0.4) is 0 Å². The highest BCUT2D eigenvalue weighted by Gasteiger charge is 2.63. The maximum Gasteiger partial charge on any atom is 0.237 e. The van der Waals surface area contributed by atoms with Gasteiger partial charge in [0.2, 0.25) is 5.91 Å². The van der Waals surface area contributed by atoms with Crippen LogP contribution in [0.15, 0.2) is 40.7 Å². The molecule has 1 aromatic heterocycles. The van der Waals surface area contributed by atoms with E-state index in [0.29, 0.717) is 28.3 Å². The molecular formula is C25H35N3O3S2. The number of rotatable bonds is 11. The van der Waals surface area contributed by atoms with Crippen LogP contribution in [0, 0.1) is 11.8 Å². The lowest BCUT2D eigenvalue weighted by molar-refractivity contribution is -0.119. The van der Waals surface area contributed by atoms with Crippen molar-refractivity contribution in [2.24, 2.45) is 11.8 Å². The lowest BCUT2D eigenvalue weighted by Gasteiger charge is -2.20. The Balaban J connectivity index is 1.51. The average Bonchev–Trinajstić information content (AvgIpc) is 3.15. The van der Waals surface area contributed by atoms with Crippen molar-refractivity contribution < 1.29 is 13.2 Å². The van der Waals surface area contributed by atoms with E-state index in [1.165, 1.54) is 37.0 Å². The Morgan fingerprint density at radius 3 is 2.48 bits per heavy atom. The van der Waals surface area contributed by atoms with E-state index >= 15 is 0 Å². The second-order valence-corrected chi connectivity index (χ2v) is 12.3. The molecule has 2 fully saturated rings. The Hall–Kier alpha value is -1.77. The van der Waals surface area contributed by atoms with Gasteiger partial charge in [0.1, 0.15) is 0 Å². The summed E-state index contributed by atoms with van der Waals surface area (Å²) in [6.45, 7) is 6.83. The van der Waals surface area contributed by atoms with Gasteiger partial charge in [0.15, 0.2) is 15.0 Å². The number of nitrogens with one attached hydrogen (secondary N) is 1. The van der Waals surface area contributed by atoms with E-state index in [4.69, 9.17) is 0 Å². The molecule has 1 heterocycles. The predicted molar refractivity (Wildman–Crippen MR) is 133 cm³/mol. The number of thiazole rings is 1. The van der Waals surface area contributed by atoms with Crippen molar-refractivity contribution in [1.29, 1.82) is 0 Å². The molecule has 1 N–H and O–H groups in total. The zero-order chi connectivity index (χ0) is 23.5. The summed E-state index contributed by atoms with van der Waals surface area (Å²) in [6.07, 6.45) is 7.95. The van der Waals surface area contributed by atoms with Crippen LogP contribution in [-0.4, -0.2) is 49.6 Å². The van der Waals surface area contributed by atoms with Gasteiger partial charge in [-0.3, -0.25) is 4.79 Å². The van der Waals surface area contributed by atoms with E-state index in [0.717, 1.165) is 31.6 Å². The van der Waals surface area contributed by atoms with Crippen molar-refractivity contribution in [3.63, 3.8) is 0 Å². The van der Waals surface area contributed by atoms with Crippen LogP contribution in [0.2, 0.25) is 0 Å². The summed E-state index contributed by atoms with van der Waals surface area (Å²) in [7, 11) is -3.34. The van der Waals surface area contributed by atoms with Gasteiger partial charge in [0.05, 0.1) is 16.1 Å². The molecule has 0 spiro atoms. The molecule has 33 heavy (non-hydrogen) atoms. The highest BCUT2D eigenvalue weighted by atomic mass is 32.2. The number of nitrogens with zero attached hydrogens (tertiary/aromatic N) is 2. The number of carbonyl (C=O) groups excluding carboxylic acids is 1. The number of hydrogen-bond donors (Lipinski definition) is 1. The normalized spacial score (nSPS) is 23.2. The Morgan fingerprint density at radius 2 is 1.88 bits per heavy atom. The smallest absolute Gasteiger partial charge is 0.237 e. The molecule has 2 aliphatic rings. The Bertz CT molecular complexity index is 1030. The highest BCUT2D eigenvalue weighted by Crippen LogP contribution is 2.61. The third kappa shape index (κ3) is 5.17. The molecule has 0 radical (unpaired) electrons. The standard InChI is InChI=1S/C25H35N3O3S2/c1-3-28(4-2)15-7-17-33(30,31)21-12-10-20(11-13-21)25(18-22(25)19-8-5-6-9-19)23(29)27-24-26-14-16-32-24/h10-14,16,19,22H,3-9,15,17-18H2,1-2H3,(H,26,27,29). The average molecular weight is 490 g/mol. The maximum atomic E-state index is 13.4. The van der Waals surface area contributed by atoms with E-state index < -0.39 is 15.3 Å². The molecule has 0 saturated heterocycles. The van der Waals surface area contributed by atoms with Gasteiger partial charge in [-0.15, -0.1) is 11.3 Å². The minimum atomic E-state index is -3.34. The maximum absolute atomic E-state index is 13.4. The number of amides is 1. The minimum Gasteiger partial charge on any atom is -0.304 e. The lowest BCUT2D eigenvalue weighted by atomic mass is 9.87. The number of hydrogen-bond acceptors (Lipinski definition) is 6. The first-order valence-corrected chi connectivity index (χ1v) is 14.7. The molecule has 1 aromatic carbocycles. The molecule has 2 aliphatic carbocycles. The van der Waals surface area contributed by atoms with Gasteiger partial charge in [-0.05, 0) is 62.0 Å². The van der Waals surface area contributed by atoms with Crippen LogP contribution in [0.4, 0.5) is 5.13 Å². The quantitative estimate of drug-likeness (QED) is 0.493. The SMILES string of the molecule is CCN(CC)CCCS(=O)(=O)c1ccc(C2(C(=O)Nc3nccs3)CC2C2CCCC2)cc1. The van der Waals surface area contributed by atoms with Gasteiger partial charge in [-0.25, -0.2) is 13.4 Å². The predicted octanol–water partition coefficient (Wildman–Crippen LogP) is 4.74. The molecule has 0 bridgehead atoms. The summed E-state index contributed by atoms with van der Waals surface area (Å²) < 4.78 is 25.8. The van der Waals surface area contributed by atoms with Gasteiger partial charge in [-0.2, -0.15) is 0 Å². The van der Waals surface area contributed by atoms with Crippen molar-refractivity contribution in [2.75, 3.05) is 30.7 Å². The van der Waals surface area contributed by atoms with Crippen molar-refractivity contribution in [1.82, 2.24) is 9.88 Å². The summed E-state index contributed by atoms with van der Waals surface area (Å²) in [5, 5.41) is 5.48. The van der Waals surface area contributed by atoms with Crippen LogP contribution in [0.5, 0.6) is 0 Å². The molecule has 180 valence electrons. The Morgan fingerprint density at radius 1 is 1.18 bits per heavy atom. The molecule has 1 amide bonds. The number of aromatic nitrogens is 1. The van der Waals surface area contributed by atoms with Gasteiger partial charge in [0, 0.05) is 11.6 Å². The van der Waals surface area contributed by atoms with Crippen LogP contribution in [-0.2, 0) is 20.0 Å². The third-order valence-corrected chi connectivity index (χ3v) is 10.1. The molecule has 6 nitrogen and oxygen atoms in total. The fourth-order valence-corrected chi connectivity index (χ4v) is 7.35. The number of anilines is 1. The van der Waals surface area contributed by atoms with Gasteiger partial charge in [-0.1, -0.05) is 51.7 Å². The zero-order valence-corrected chi connectivity index (χ0v) is 21.3. The third-order valence-electron chi connectivity index (χ3n) is 7.55. The van der Waals surface area contributed by atoms with E-state index in [9.17, 15) is 13.2 Å². The fourth-order valence-electron chi connectivity index (χ4n) is 5.53. The van der Waals surface area contributed by atoms with Crippen LogP contribution < -0.4 is 5.32 Å². The lowest BCUT2D eigenvalue weighted by Crippen LogP contribution is -2.31. The Kier molecular flexibility index (Phi) is 7.56. The van der Waals surface area contributed by atoms with Crippen molar-refractivity contribution in [3.8, 4) is 0 Å². The molecule has 4 rings (SSSR count). The summed E-state index contributed by atoms with van der Waals surface area (Å²) in [4.78, 5) is 20.2. The first kappa shape index (κ1) is 24.4. The summed E-state index contributed by atoms with van der Waals surface area (Å²) in [5.74, 6) is 1.01. The van der Waals surface area contributed by atoms with E-state index in [1.807, 2.05) is 17.5 Å². The van der Waals surface area contributed by atoms with Crippen LogP contribution in [0.1, 0.15) is 57.9 Å². The first-order chi connectivity index (χ1) is 15.9. The minimum absolute atomic E-state index is 0.0100. The second kappa shape index (κ2) is 10.2. The number of sulfone groups is 1. The number of carbonyl (C=O) groups is 1. The van der Waals surface area contributed by atoms with Crippen LogP contribution in [0.25, 0.3) is 0 Å². The zero-order valence-electron chi connectivity index (χ0n) is 19.6. The van der Waals surface area contributed by atoms with Gasteiger partial charge < -0.3 is 10.2 Å². The van der Waals surface area contributed by atoms with E-state index in [-0.39, 0.29) is 11.7 Å². The summed E-state index contributed by atoms with van der Waals surface area (Å²) >= 11 is 1.42. The Labute approximate surface area is 201 Å². The molecule has 0 aliphatic heterocycles. The van der Waals surface area contributed by atoms with E-state index in [2.05, 4.69) is 29.0 Å². The van der Waals surface area contributed by atoms with Crippen LogP contribution >= 0.6 is 11.3 Å². The monoisotopic (exact) mass is 489 g/mol. The molecule has 2 aromatic rings. The van der Waals surface area contributed by atoms with Gasteiger partial charge >= 0.3 is 0 Å². The van der Waals surface area contributed by atoms with Gasteiger partial charge in [0.25, 0.3) is 0 Å². The van der Waals surface area contributed by atoms with E-state index in [1.54, 1.807) is 18.3 Å². The molecule has 2 unspecified atom stereocenters. The summed E-state index contributed by atoms with van der Waals surface area (Å²) in [6, 6.07) is 7.14. The molecule has 2 saturated carbocycles. The van der Waals surface area contributed by atoms with Crippen molar-refractivity contribution in [2.45, 2.75) is 62.7 Å². The topological polar surface area (TPSA) is 79.4 Å². The molecule has 8 heteroatoms. The summed E-state index contributed by atoms with van der Waals surface area (Å²) in [5.41, 5.74) is 0.349. The second-order valence-electron chi connectivity index (χ2n) is 9.34. The fraction of sp³-hybridized carbons (Fsp3) is 0.600. The van der Waals surface area contributed by atoms with Crippen molar-refractivity contribution >= 4 is 32.2 Å². The molecule has 2 atom stereocenters. The highest BCUT2D eigenvalue weighted by molar-refractivity contribution is 7.91. The largest absolute Gasteiger partial charge is 0.304 e. The molecular weight excluding hydrogens is 454 g/mol. The van der Waals surface area contributed by atoms with Crippen molar-refractivity contribution in [3.05, 3.63) is 41.4 Å².